The van der Waals surface area contributed by atoms with Crippen LogP contribution in [0.15, 0.2) is 47.2 Å². The lowest BCUT2D eigenvalue weighted by atomic mass is 10.3. The average molecular weight is 339 g/mol. The monoisotopic (exact) mass is 339 g/mol. The molecule has 9 nitrogen and oxygen atoms in total. The lowest BCUT2D eigenvalue weighted by molar-refractivity contribution is 0.0946. The van der Waals surface area contributed by atoms with Crippen molar-refractivity contribution in [2.45, 2.75) is 6.92 Å². The first kappa shape index (κ1) is 16.4. The normalized spacial score (nSPS) is 10.3. The Morgan fingerprint density at radius 1 is 1.16 bits per heavy atom. The van der Waals surface area contributed by atoms with Gasteiger partial charge >= 0.3 is 0 Å². The summed E-state index contributed by atoms with van der Waals surface area (Å²) in [4.78, 5) is 15.8. The fraction of sp³-hybridized carbons (Fsp3) is 0.188. The van der Waals surface area contributed by atoms with Crippen molar-refractivity contribution >= 4 is 23.2 Å². The number of nitrogens with one attached hydrogen (secondary N) is 3. The Balaban J connectivity index is 1.42. The van der Waals surface area contributed by atoms with Gasteiger partial charge in [-0.15, -0.1) is 10.2 Å². The minimum atomic E-state index is -0.277. The summed E-state index contributed by atoms with van der Waals surface area (Å²) in [5.74, 6) is 1.55. The van der Waals surface area contributed by atoms with E-state index in [1.165, 1.54) is 0 Å². The highest BCUT2D eigenvalue weighted by molar-refractivity contribution is 5.92. The summed E-state index contributed by atoms with van der Waals surface area (Å²) in [7, 11) is 0. The van der Waals surface area contributed by atoms with E-state index in [9.17, 15) is 4.79 Å². The molecular formula is C16H17N7O2. The number of hydrogen-bond donors (Lipinski definition) is 3. The Morgan fingerprint density at radius 3 is 2.68 bits per heavy atom. The van der Waals surface area contributed by atoms with Crippen LogP contribution in [0.4, 0.5) is 17.3 Å². The zero-order valence-electron chi connectivity index (χ0n) is 13.6. The largest absolute Gasteiger partial charge is 0.367 e. The number of aromatic nitrogens is 4. The SMILES string of the molecule is Cc1cc(C(=O)NCCNc2ccc(Nc3cccnc3)nn2)no1. The molecule has 1 amide bonds. The quantitative estimate of drug-likeness (QED) is 0.557. The molecule has 0 aliphatic carbocycles. The van der Waals surface area contributed by atoms with Gasteiger partial charge in [-0.2, -0.15) is 0 Å². The number of hydrogen-bond acceptors (Lipinski definition) is 8. The maximum Gasteiger partial charge on any atom is 0.273 e. The predicted octanol–water partition coefficient (Wildman–Crippen LogP) is 1.75. The predicted molar refractivity (Wildman–Crippen MR) is 91.6 cm³/mol. The molecule has 3 rings (SSSR count). The van der Waals surface area contributed by atoms with E-state index < -0.39 is 0 Å². The molecule has 0 bridgehead atoms. The van der Waals surface area contributed by atoms with Gasteiger partial charge < -0.3 is 20.5 Å². The molecule has 0 saturated heterocycles. The summed E-state index contributed by atoms with van der Waals surface area (Å²) < 4.78 is 4.86. The summed E-state index contributed by atoms with van der Waals surface area (Å²) in [6.45, 7) is 2.66. The standard InChI is InChI=1S/C16H17N7O2/c1-11-9-13(23-25-11)16(24)19-8-7-18-14-4-5-15(22-21-14)20-12-3-2-6-17-10-12/h2-6,9-10H,7-8H2,1H3,(H,18,21)(H,19,24)(H,20,22). The fourth-order valence-corrected chi connectivity index (χ4v) is 2.01. The number of aryl methyl sites for hydroxylation is 1. The van der Waals surface area contributed by atoms with E-state index in [-0.39, 0.29) is 11.6 Å². The second kappa shape index (κ2) is 7.86. The lowest BCUT2D eigenvalue weighted by Crippen LogP contribution is -2.29. The molecule has 3 heterocycles. The van der Waals surface area contributed by atoms with E-state index in [1.807, 2.05) is 12.1 Å². The number of amides is 1. The van der Waals surface area contributed by atoms with Crippen LogP contribution >= 0.6 is 0 Å². The van der Waals surface area contributed by atoms with Gasteiger partial charge in [0.15, 0.2) is 11.5 Å². The topological polar surface area (TPSA) is 118 Å². The Hall–Kier alpha value is -3.49. The van der Waals surface area contributed by atoms with Crippen LogP contribution in [0.5, 0.6) is 0 Å². The zero-order chi connectivity index (χ0) is 17.5. The molecule has 0 spiro atoms. The third-order valence-electron chi connectivity index (χ3n) is 3.18. The van der Waals surface area contributed by atoms with Crippen LogP contribution in [0.2, 0.25) is 0 Å². The van der Waals surface area contributed by atoms with Crippen LogP contribution in [-0.4, -0.2) is 39.3 Å². The van der Waals surface area contributed by atoms with Crippen molar-refractivity contribution in [3.8, 4) is 0 Å². The molecule has 0 radical (unpaired) electrons. The number of rotatable bonds is 7. The van der Waals surface area contributed by atoms with Crippen molar-refractivity contribution in [1.29, 1.82) is 0 Å². The van der Waals surface area contributed by atoms with Crippen molar-refractivity contribution in [3.63, 3.8) is 0 Å². The molecule has 9 heteroatoms. The van der Waals surface area contributed by atoms with Gasteiger partial charge in [-0.3, -0.25) is 9.78 Å². The van der Waals surface area contributed by atoms with E-state index in [2.05, 4.69) is 36.3 Å². The number of nitrogens with zero attached hydrogens (tertiary/aromatic N) is 4. The van der Waals surface area contributed by atoms with Crippen LogP contribution in [0.25, 0.3) is 0 Å². The minimum Gasteiger partial charge on any atom is -0.367 e. The highest BCUT2D eigenvalue weighted by Crippen LogP contribution is 2.12. The first-order chi connectivity index (χ1) is 12.2. The van der Waals surface area contributed by atoms with Gasteiger partial charge in [0.1, 0.15) is 11.6 Å². The van der Waals surface area contributed by atoms with E-state index in [0.717, 1.165) is 5.69 Å². The van der Waals surface area contributed by atoms with Gasteiger partial charge in [0.05, 0.1) is 11.9 Å². The van der Waals surface area contributed by atoms with Crippen LogP contribution in [0, 0.1) is 6.92 Å². The molecule has 0 atom stereocenters. The third-order valence-corrected chi connectivity index (χ3v) is 3.18. The average Bonchev–Trinajstić information content (AvgIpc) is 3.07. The number of carbonyl (C=O) groups excluding carboxylic acids is 1. The summed E-state index contributed by atoms with van der Waals surface area (Å²) in [6, 6.07) is 8.91. The molecule has 3 N–H and O–H groups in total. The molecule has 0 aliphatic heterocycles. The zero-order valence-corrected chi connectivity index (χ0v) is 13.6. The van der Waals surface area contributed by atoms with Crippen molar-refractivity contribution < 1.29 is 9.32 Å². The lowest BCUT2D eigenvalue weighted by Gasteiger charge is -2.07. The highest BCUT2D eigenvalue weighted by Gasteiger charge is 2.09. The summed E-state index contributed by atoms with van der Waals surface area (Å²) >= 11 is 0. The Bertz CT molecular complexity index is 818. The van der Waals surface area contributed by atoms with Crippen molar-refractivity contribution in [2.24, 2.45) is 0 Å². The number of pyridine rings is 1. The first-order valence-corrected chi connectivity index (χ1v) is 7.67. The Morgan fingerprint density at radius 2 is 2.00 bits per heavy atom. The van der Waals surface area contributed by atoms with Crippen LogP contribution in [0.1, 0.15) is 16.2 Å². The van der Waals surface area contributed by atoms with Crippen LogP contribution in [-0.2, 0) is 0 Å². The van der Waals surface area contributed by atoms with Gasteiger partial charge in [0, 0.05) is 25.4 Å². The van der Waals surface area contributed by atoms with Crippen LogP contribution < -0.4 is 16.0 Å². The Labute approximate surface area is 143 Å². The van der Waals surface area contributed by atoms with Gasteiger partial charge in [-0.1, -0.05) is 5.16 Å². The van der Waals surface area contributed by atoms with Crippen molar-refractivity contribution in [1.82, 2.24) is 25.7 Å². The van der Waals surface area contributed by atoms with Gasteiger partial charge in [0.25, 0.3) is 5.91 Å². The molecule has 0 unspecified atom stereocenters. The smallest absolute Gasteiger partial charge is 0.273 e. The number of carbonyl (C=O) groups is 1. The molecule has 25 heavy (non-hydrogen) atoms. The summed E-state index contributed by atoms with van der Waals surface area (Å²) in [5.41, 5.74) is 1.10. The van der Waals surface area contributed by atoms with E-state index >= 15 is 0 Å². The molecule has 3 aromatic rings. The van der Waals surface area contributed by atoms with Gasteiger partial charge in [-0.05, 0) is 31.2 Å². The van der Waals surface area contributed by atoms with Crippen molar-refractivity contribution in [3.05, 3.63) is 54.2 Å². The number of anilines is 3. The van der Waals surface area contributed by atoms with Gasteiger partial charge in [-0.25, -0.2) is 0 Å². The van der Waals surface area contributed by atoms with Gasteiger partial charge in [0.2, 0.25) is 0 Å². The maximum absolute atomic E-state index is 11.8. The molecular weight excluding hydrogens is 322 g/mol. The van der Waals surface area contributed by atoms with Crippen LogP contribution in [0.3, 0.4) is 0 Å². The summed E-state index contributed by atoms with van der Waals surface area (Å²) in [5, 5.41) is 20.7. The molecule has 0 fully saturated rings. The minimum absolute atomic E-state index is 0.267. The Kier molecular flexibility index (Phi) is 5.15. The third kappa shape index (κ3) is 4.74. The van der Waals surface area contributed by atoms with Crippen molar-refractivity contribution in [2.75, 3.05) is 23.7 Å². The molecule has 3 aromatic heterocycles. The highest BCUT2D eigenvalue weighted by atomic mass is 16.5. The van der Waals surface area contributed by atoms with E-state index in [4.69, 9.17) is 4.52 Å². The first-order valence-electron chi connectivity index (χ1n) is 7.67. The molecule has 128 valence electrons. The fourth-order valence-electron chi connectivity index (χ4n) is 2.01. The maximum atomic E-state index is 11.8. The molecule has 0 aromatic carbocycles. The molecule has 0 aliphatic rings. The van der Waals surface area contributed by atoms with E-state index in [0.29, 0.717) is 30.5 Å². The van der Waals surface area contributed by atoms with E-state index in [1.54, 1.807) is 37.5 Å². The second-order valence-corrected chi connectivity index (χ2v) is 5.18. The summed E-state index contributed by atoms with van der Waals surface area (Å²) in [6.07, 6.45) is 3.40. The molecule has 0 saturated carbocycles. The second-order valence-electron chi connectivity index (χ2n) is 5.18.